The second-order valence-corrected chi connectivity index (χ2v) is 4.56. The minimum absolute atomic E-state index is 0. The van der Waals surface area contributed by atoms with Crippen LogP contribution in [0.4, 0.5) is 0 Å². The van der Waals surface area contributed by atoms with Crippen molar-refractivity contribution in [2.24, 2.45) is 5.92 Å². The van der Waals surface area contributed by atoms with E-state index in [1.165, 1.54) is 7.11 Å². The van der Waals surface area contributed by atoms with E-state index < -0.39 is 0 Å². The largest absolute Gasteiger partial charge is 0.468 e. The minimum atomic E-state index is -0.112. The van der Waals surface area contributed by atoms with E-state index in [0.29, 0.717) is 12.0 Å². The molecule has 0 amide bonds. The number of halogens is 2. The zero-order valence-electron chi connectivity index (χ0n) is 10.9. The average Bonchev–Trinajstić information content (AvgIpc) is 2.17. The summed E-state index contributed by atoms with van der Waals surface area (Å²) in [6.45, 7) is 9.05. The van der Waals surface area contributed by atoms with Crippen LogP contribution >= 0.6 is 24.8 Å². The van der Waals surface area contributed by atoms with Gasteiger partial charge in [0.05, 0.1) is 7.11 Å². The van der Waals surface area contributed by atoms with Crippen LogP contribution in [0.2, 0.25) is 0 Å². The SMILES string of the molecule is COC(=O)C(C(C)C)N1CCN[C@H](C)C1.Cl.Cl. The molecule has 4 nitrogen and oxygen atoms in total. The number of rotatable bonds is 3. The van der Waals surface area contributed by atoms with E-state index in [1.54, 1.807) is 0 Å². The molecule has 0 bridgehead atoms. The molecule has 1 aliphatic rings. The van der Waals surface area contributed by atoms with Crippen molar-refractivity contribution in [1.82, 2.24) is 10.2 Å². The van der Waals surface area contributed by atoms with Gasteiger partial charge in [0.15, 0.2) is 0 Å². The van der Waals surface area contributed by atoms with Crippen molar-refractivity contribution >= 4 is 30.8 Å². The van der Waals surface area contributed by atoms with Crippen LogP contribution in [0.3, 0.4) is 0 Å². The molecule has 1 heterocycles. The van der Waals surface area contributed by atoms with Gasteiger partial charge in [-0.25, -0.2) is 0 Å². The Hall–Kier alpha value is -0.0300. The maximum atomic E-state index is 11.7. The first-order valence-corrected chi connectivity index (χ1v) is 5.61. The average molecular weight is 287 g/mol. The van der Waals surface area contributed by atoms with Gasteiger partial charge >= 0.3 is 5.97 Å². The molecular weight excluding hydrogens is 263 g/mol. The van der Waals surface area contributed by atoms with Gasteiger partial charge in [-0.15, -0.1) is 24.8 Å². The fourth-order valence-electron chi connectivity index (χ4n) is 2.18. The summed E-state index contributed by atoms with van der Waals surface area (Å²) >= 11 is 0. The number of methoxy groups -OCH3 is 1. The first-order valence-electron chi connectivity index (χ1n) is 5.61. The second-order valence-electron chi connectivity index (χ2n) is 4.56. The monoisotopic (exact) mass is 286 g/mol. The third kappa shape index (κ3) is 5.42. The Morgan fingerprint density at radius 3 is 2.41 bits per heavy atom. The highest BCUT2D eigenvalue weighted by molar-refractivity contribution is 5.85. The lowest BCUT2D eigenvalue weighted by atomic mass is 10.0. The van der Waals surface area contributed by atoms with Crippen LogP contribution in [0, 0.1) is 5.92 Å². The molecule has 1 saturated heterocycles. The van der Waals surface area contributed by atoms with Gasteiger partial charge in [-0.2, -0.15) is 0 Å². The van der Waals surface area contributed by atoms with Crippen LogP contribution in [0.1, 0.15) is 20.8 Å². The van der Waals surface area contributed by atoms with Crippen molar-refractivity contribution in [3.8, 4) is 0 Å². The zero-order chi connectivity index (χ0) is 11.4. The molecule has 1 rings (SSSR count). The van der Waals surface area contributed by atoms with E-state index in [1.807, 2.05) is 0 Å². The molecule has 104 valence electrons. The number of esters is 1. The number of hydrogen-bond acceptors (Lipinski definition) is 4. The Labute approximate surface area is 116 Å². The summed E-state index contributed by atoms with van der Waals surface area (Å²) in [5.41, 5.74) is 0. The molecule has 0 radical (unpaired) electrons. The molecule has 0 spiro atoms. The summed E-state index contributed by atoms with van der Waals surface area (Å²) in [4.78, 5) is 13.9. The van der Waals surface area contributed by atoms with Gasteiger partial charge in [-0.3, -0.25) is 9.69 Å². The predicted octanol–water partition coefficient (Wildman–Crippen LogP) is 1.32. The zero-order valence-corrected chi connectivity index (χ0v) is 12.6. The Kier molecular flexibility index (Phi) is 10.2. The highest BCUT2D eigenvalue weighted by Gasteiger charge is 2.31. The fraction of sp³-hybridized carbons (Fsp3) is 0.909. The Balaban J connectivity index is 0. The van der Waals surface area contributed by atoms with Gasteiger partial charge in [0.2, 0.25) is 0 Å². The van der Waals surface area contributed by atoms with Gasteiger partial charge in [0.25, 0.3) is 0 Å². The van der Waals surface area contributed by atoms with E-state index in [0.717, 1.165) is 19.6 Å². The van der Waals surface area contributed by atoms with Crippen LogP contribution in [-0.4, -0.2) is 49.7 Å². The lowest BCUT2D eigenvalue weighted by Gasteiger charge is -2.38. The minimum Gasteiger partial charge on any atom is -0.468 e. The molecule has 0 aromatic heterocycles. The third-order valence-corrected chi connectivity index (χ3v) is 2.87. The van der Waals surface area contributed by atoms with E-state index in [9.17, 15) is 4.79 Å². The quantitative estimate of drug-likeness (QED) is 0.795. The van der Waals surface area contributed by atoms with E-state index >= 15 is 0 Å². The van der Waals surface area contributed by atoms with Gasteiger partial charge in [-0.1, -0.05) is 13.8 Å². The van der Waals surface area contributed by atoms with E-state index in [-0.39, 0.29) is 36.8 Å². The number of carbonyl (C=O) groups is 1. The standard InChI is InChI=1S/C11H22N2O2.2ClH/c1-8(2)10(11(14)15-4)13-6-5-12-9(3)7-13;;/h8-10,12H,5-7H2,1-4H3;2*1H/t9-,10?;;/m1../s1. The first-order chi connectivity index (χ1) is 7.06. The van der Waals surface area contributed by atoms with Gasteiger partial charge < -0.3 is 10.1 Å². The molecule has 1 aliphatic heterocycles. The first kappa shape index (κ1) is 19.3. The molecule has 2 atom stereocenters. The Morgan fingerprint density at radius 1 is 1.41 bits per heavy atom. The van der Waals surface area contributed by atoms with Crippen LogP contribution in [0.5, 0.6) is 0 Å². The highest BCUT2D eigenvalue weighted by atomic mass is 35.5. The maximum Gasteiger partial charge on any atom is 0.323 e. The van der Waals surface area contributed by atoms with Crippen LogP contribution in [0.25, 0.3) is 0 Å². The lowest BCUT2D eigenvalue weighted by molar-refractivity contribution is -0.149. The number of ether oxygens (including phenoxy) is 1. The molecule has 6 heteroatoms. The number of piperazine rings is 1. The predicted molar refractivity (Wildman–Crippen MR) is 74.2 cm³/mol. The molecule has 1 N–H and O–H groups in total. The maximum absolute atomic E-state index is 11.7. The summed E-state index contributed by atoms with van der Waals surface area (Å²) in [7, 11) is 1.46. The molecule has 17 heavy (non-hydrogen) atoms. The summed E-state index contributed by atoms with van der Waals surface area (Å²) in [5, 5.41) is 3.37. The Bertz CT molecular complexity index is 228. The van der Waals surface area contributed by atoms with Crippen molar-refractivity contribution < 1.29 is 9.53 Å². The van der Waals surface area contributed by atoms with Crippen LogP contribution < -0.4 is 5.32 Å². The van der Waals surface area contributed by atoms with Crippen LogP contribution in [0.15, 0.2) is 0 Å². The second kappa shape index (κ2) is 8.97. The summed E-state index contributed by atoms with van der Waals surface area (Å²) in [6, 6.07) is 0.351. The highest BCUT2D eigenvalue weighted by Crippen LogP contribution is 2.14. The van der Waals surface area contributed by atoms with Crippen molar-refractivity contribution in [1.29, 1.82) is 0 Å². The summed E-state index contributed by atoms with van der Waals surface area (Å²) in [6.07, 6.45) is 0. The number of hydrogen-bond donors (Lipinski definition) is 1. The van der Waals surface area contributed by atoms with Gasteiger partial charge in [0.1, 0.15) is 6.04 Å². The normalized spacial score (nSPS) is 22.3. The van der Waals surface area contributed by atoms with Crippen molar-refractivity contribution in [3.05, 3.63) is 0 Å². The van der Waals surface area contributed by atoms with E-state index in [4.69, 9.17) is 4.74 Å². The third-order valence-electron chi connectivity index (χ3n) is 2.87. The number of nitrogens with zero attached hydrogens (tertiary/aromatic N) is 1. The topological polar surface area (TPSA) is 41.6 Å². The molecule has 0 aliphatic carbocycles. The number of nitrogens with one attached hydrogen (secondary N) is 1. The molecule has 0 aromatic rings. The Morgan fingerprint density at radius 2 is 2.00 bits per heavy atom. The van der Waals surface area contributed by atoms with Gasteiger partial charge in [-0.05, 0) is 12.8 Å². The fourth-order valence-corrected chi connectivity index (χ4v) is 2.18. The molecule has 1 fully saturated rings. The van der Waals surface area contributed by atoms with Crippen LogP contribution in [-0.2, 0) is 9.53 Å². The lowest BCUT2D eigenvalue weighted by Crippen LogP contribution is -2.56. The van der Waals surface area contributed by atoms with Gasteiger partial charge in [0, 0.05) is 25.7 Å². The molecular formula is C11H24Cl2N2O2. The smallest absolute Gasteiger partial charge is 0.323 e. The number of carbonyl (C=O) groups excluding carboxylic acids is 1. The molecule has 1 unspecified atom stereocenters. The summed E-state index contributed by atoms with van der Waals surface area (Å²) in [5.74, 6) is 0.182. The van der Waals surface area contributed by atoms with Crippen molar-refractivity contribution in [2.45, 2.75) is 32.9 Å². The molecule has 0 saturated carbocycles. The summed E-state index contributed by atoms with van der Waals surface area (Å²) < 4.78 is 4.86. The molecule has 0 aromatic carbocycles. The van der Waals surface area contributed by atoms with Crippen molar-refractivity contribution in [2.75, 3.05) is 26.7 Å². The van der Waals surface area contributed by atoms with E-state index in [2.05, 4.69) is 31.0 Å². The van der Waals surface area contributed by atoms with Crippen molar-refractivity contribution in [3.63, 3.8) is 0 Å².